The Bertz CT molecular complexity index is 497. The van der Waals surface area contributed by atoms with Gasteiger partial charge in [-0.3, -0.25) is 4.79 Å². The Labute approximate surface area is 115 Å². The van der Waals surface area contributed by atoms with Crippen LogP contribution in [0.15, 0.2) is 30.3 Å². The van der Waals surface area contributed by atoms with E-state index in [0.717, 1.165) is 5.56 Å². The average molecular weight is 283 g/mol. The number of rotatable bonds is 7. The van der Waals surface area contributed by atoms with E-state index in [4.69, 9.17) is 0 Å². The van der Waals surface area contributed by atoms with Crippen molar-refractivity contribution in [1.82, 2.24) is 4.90 Å². The first-order valence-corrected chi connectivity index (χ1v) is 8.25. The quantitative estimate of drug-likeness (QED) is 0.767. The van der Waals surface area contributed by atoms with E-state index >= 15 is 0 Å². The second-order valence-electron chi connectivity index (χ2n) is 4.64. The smallest absolute Gasteiger partial charge is 0.223 e. The molecule has 4 nitrogen and oxygen atoms in total. The Hall–Kier alpha value is -1.36. The van der Waals surface area contributed by atoms with Gasteiger partial charge in [-0.25, -0.2) is 8.42 Å². The summed E-state index contributed by atoms with van der Waals surface area (Å²) in [5.74, 6) is -0.0369. The van der Waals surface area contributed by atoms with Gasteiger partial charge in [0.25, 0.3) is 0 Å². The summed E-state index contributed by atoms with van der Waals surface area (Å²) in [7, 11) is -1.38. The van der Waals surface area contributed by atoms with Crippen molar-refractivity contribution in [3.05, 3.63) is 35.9 Å². The van der Waals surface area contributed by atoms with Crippen LogP contribution in [-0.4, -0.2) is 37.8 Å². The van der Waals surface area contributed by atoms with Crippen molar-refractivity contribution in [3.63, 3.8) is 0 Å². The summed E-state index contributed by atoms with van der Waals surface area (Å²) < 4.78 is 23.1. The lowest BCUT2D eigenvalue weighted by Crippen LogP contribution is -2.28. The zero-order valence-corrected chi connectivity index (χ0v) is 12.3. The second-order valence-corrected chi connectivity index (χ2v) is 6.94. The lowest BCUT2D eigenvalue weighted by Gasteiger charge is -2.17. The minimum Gasteiger partial charge on any atom is -0.341 e. The Kier molecular flexibility index (Phi) is 6.02. The van der Waals surface area contributed by atoms with Crippen LogP contribution in [0.5, 0.6) is 0 Å². The summed E-state index contributed by atoms with van der Waals surface area (Å²) in [6, 6.07) is 9.64. The average Bonchev–Trinajstić information content (AvgIpc) is 2.37. The Morgan fingerprint density at radius 2 is 1.79 bits per heavy atom. The van der Waals surface area contributed by atoms with Crippen molar-refractivity contribution in [2.75, 3.05) is 18.6 Å². The molecule has 0 atom stereocenters. The third-order valence-electron chi connectivity index (χ3n) is 2.83. The van der Waals surface area contributed by atoms with Gasteiger partial charge in [0.2, 0.25) is 5.91 Å². The van der Waals surface area contributed by atoms with Crippen LogP contribution < -0.4 is 0 Å². The summed E-state index contributed by atoms with van der Waals surface area (Å²) in [5.41, 5.74) is 1.04. The van der Waals surface area contributed by atoms with Gasteiger partial charge in [0, 0.05) is 25.8 Å². The van der Waals surface area contributed by atoms with E-state index in [1.807, 2.05) is 37.3 Å². The van der Waals surface area contributed by atoms with Crippen molar-refractivity contribution in [1.29, 1.82) is 0 Å². The molecule has 0 aromatic heterocycles. The van der Waals surface area contributed by atoms with Gasteiger partial charge < -0.3 is 4.90 Å². The molecule has 0 saturated heterocycles. The Morgan fingerprint density at radius 1 is 1.16 bits per heavy atom. The highest BCUT2D eigenvalue weighted by Gasteiger charge is 2.15. The minimum atomic E-state index is -3.08. The molecule has 0 aliphatic rings. The molecule has 1 amide bonds. The fourth-order valence-electron chi connectivity index (χ4n) is 1.79. The molecule has 106 valence electrons. The molecule has 0 saturated carbocycles. The fourth-order valence-corrected chi connectivity index (χ4v) is 3.10. The zero-order chi connectivity index (χ0) is 14.3. The van der Waals surface area contributed by atoms with Crippen LogP contribution in [0.2, 0.25) is 0 Å². The van der Waals surface area contributed by atoms with E-state index in [9.17, 15) is 13.2 Å². The highest BCUT2D eigenvalue weighted by molar-refractivity contribution is 7.91. The van der Waals surface area contributed by atoms with Crippen LogP contribution in [0.1, 0.15) is 25.3 Å². The van der Waals surface area contributed by atoms with Crippen molar-refractivity contribution in [2.24, 2.45) is 0 Å². The van der Waals surface area contributed by atoms with Crippen molar-refractivity contribution < 1.29 is 13.2 Å². The molecule has 0 heterocycles. The fraction of sp³-hybridized carbons (Fsp3) is 0.500. The van der Waals surface area contributed by atoms with Gasteiger partial charge in [-0.1, -0.05) is 37.3 Å². The van der Waals surface area contributed by atoms with Gasteiger partial charge in [-0.2, -0.15) is 0 Å². The molecule has 1 rings (SSSR count). The number of hydrogen-bond donors (Lipinski definition) is 0. The van der Waals surface area contributed by atoms with E-state index in [-0.39, 0.29) is 23.8 Å². The molecule has 1 aromatic rings. The normalized spacial score (nSPS) is 11.3. The molecule has 0 unspecified atom stereocenters. The number of amides is 1. The lowest BCUT2D eigenvalue weighted by atomic mass is 10.2. The third kappa shape index (κ3) is 5.87. The van der Waals surface area contributed by atoms with E-state index in [0.29, 0.717) is 13.0 Å². The number of nitrogens with zero attached hydrogens (tertiary/aromatic N) is 1. The maximum absolute atomic E-state index is 11.9. The van der Waals surface area contributed by atoms with E-state index in [2.05, 4.69) is 0 Å². The van der Waals surface area contributed by atoms with E-state index in [1.165, 1.54) is 0 Å². The number of sulfone groups is 1. The van der Waals surface area contributed by atoms with Gasteiger partial charge >= 0.3 is 0 Å². The summed E-state index contributed by atoms with van der Waals surface area (Å²) >= 11 is 0. The Morgan fingerprint density at radius 3 is 2.37 bits per heavy atom. The third-order valence-corrected chi connectivity index (χ3v) is 4.69. The molecule has 0 aliphatic heterocycles. The first-order valence-electron chi connectivity index (χ1n) is 6.43. The summed E-state index contributed by atoms with van der Waals surface area (Å²) in [6.07, 6.45) is 0.655. The number of benzene rings is 1. The van der Waals surface area contributed by atoms with Gasteiger partial charge in [0.1, 0.15) is 0 Å². The van der Waals surface area contributed by atoms with Gasteiger partial charge in [-0.05, 0) is 12.0 Å². The first-order chi connectivity index (χ1) is 8.94. The van der Waals surface area contributed by atoms with Crippen molar-refractivity contribution >= 4 is 15.7 Å². The standard InChI is InChI=1S/C14H21NO3S/c1-3-10-19(17,18)11-9-14(16)15(2)12-13-7-5-4-6-8-13/h4-8H,3,9-12H2,1-2H3. The highest BCUT2D eigenvalue weighted by atomic mass is 32.2. The molecule has 0 N–H and O–H groups in total. The van der Waals surface area contributed by atoms with Gasteiger partial charge in [-0.15, -0.1) is 0 Å². The molecule has 0 radical (unpaired) electrons. The molecule has 19 heavy (non-hydrogen) atoms. The van der Waals surface area contributed by atoms with Crippen LogP contribution in [-0.2, 0) is 21.2 Å². The molecular weight excluding hydrogens is 262 g/mol. The highest BCUT2D eigenvalue weighted by Crippen LogP contribution is 2.05. The van der Waals surface area contributed by atoms with Crippen molar-refractivity contribution in [2.45, 2.75) is 26.3 Å². The molecule has 5 heteroatoms. The molecule has 0 bridgehead atoms. The molecule has 0 fully saturated rings. The van der Waals surface area contributed by atoms with Crippen LogP contribution in [0.3, 0.4) is 0 Å². The van der Waals surface area contributed by atoms with Crippen LogP contribution in [0.25, 0.3) is 0 Å². The zero-order valence-electron chi connectivity index (χ0n) is 11.5. The number of carbonyl (C=O) groups is 1. The lowest BCUT2D eigenvalue weighted by molar-refractivity contribution is -0.130. The van der Waals surface area contributed by atoms with Crippen LogP contribution in [0.4, 0.5) is 0 Å². The molecule has 0 spiro atoms. The predicted molar refractivity (Wildman–Crippen MR) is 76.5 cm³/mol. The number of hydrogen-bond acceptors (Lipinski definition) is 3. The van der Waals surface area contributed by atoms with Crippen LogP contribution >= 0.6 is 0 Å². The summed E-state index contributed by atoms with van der Waals surface area (Å²) in [5, 5.41) is 0. The van der Waals surface area contributed by atoms with Gasteiger partial charge in [0.15, 0.2) is 9.84 Å². The van der Waals surface area contributed by atoms with Crippen molar-refractivity contribution in [3.8, 4) is 0 Å². The van der Waals surface area contributed by atoms with Crippen LogP contribution in [0, 0.1) is 0 Å². The predicted octanol–water partition coefficient (Wildman–Crippen LogP) is 1.86. The second kappa shape index (κ2) is 7.28. The SMILES string of the molecule is CCCS(=O)(=O)CCC(=O)N(C)Cc1ccccc1. The molecule has 1 aromatic carbocycles. The summed E-state index contributed by atoms with van der Waals surface area (Å²) in [6.45, 7) is 2.33. The maximum atomic E-state index is 11.9. The molecular formula is C14H21NO3S. The maximum Gasteiger partial charge on any atom is 0.223 e. The van der Waals surface area contributed by atoms with E-state index < -0.39 is 9.84 Å². The van der Waals surface area contributed by atoms with Gasteiger partial charge in [0.05, 0.1) is 5.75 Å². The minimum absolute atomic E-state index is 0.0567. The summed E-state index contributed by atoms with van der Waals surface area (Å²) in [4.78, 5) is 13.4. The monoisotopic (exact) mass is 283 g/mol. The first kappa shape index (κ1) is 15.7. The topological polar surface area (TPSA) is 54.5 Å². The number of carbonyl (C=O) groups excluding carboxylic acids is 1. The molecule has 0 aliphatic carbocycles. The largest absolute Gasteiger partial charge is 0.341 e. The van der Waals surface area contributed by atoms with E-state index in [1.54, 1.807) is 11.9 Å². The Balaban J connectivity index is 2.46.